The van der Waals surface area contributed by atoms with Gasteiger partial charge in [-0.3, -0.25) is 0 Å². The number of hydrogen-bond donors (Lipinski definition) is 0. The van der Waals surface area contributed by atoms with E-state index in [9.17, 15) is 0 Å². The number of ether oxygens (including phenoxy) is 10. The van der Waals surface area contributed by atoms with E-state index in [4.69, 9.17) is 47.4 Å². The van der Waals surface area contributed by atoms with Crippen molar-refractivity contribution in [1.82, 2.24) is 0 Å². The number of methoxy groups -OCH3 is 2. The van der Waals surface area contributed by atoms with Gasteiger partial charge in [0.25, 0.3) is 0 Å². The molecule has 0 fully saturated rings. The summed E-state index contributed by atoms with van der Waals surface area (Å²) in [6.07, 6.45) is 69.4. The molecule has 10 heteroatoms. The highest BCUT2D eigenvalue weighted by Gasteiger charge is 2.21. The number of allylic oxidation sites excluding steroid dienone is 2. The molecule has 0 aliphatic carbocycles. The van der Waals surface area contributed by atoms with Gasteiger partial charge in [-0.2, -0.15) is 0 Å². The van der Waals surface area contributed by atoms with E-state index in [0.717, 1.165) is 160 Å². The Hall–Kier alpha value is -7.72. The van der Waals surface area contributed by atoms with Crippen LogP contribution in [-0.4, -0.2) is 53.9 Å². The van der Waals surface area contributed by atoms with Crippen LogP contribution in [0.1, 0.15) is 381 Å². The first-order valence-corrected chi connectivity index (χ1v) is 46.6. The topological polar surface area (TPSA) is 92.3 Å². The summed E-state index contributed by atoms with van der Waals surface area (Å²) in [5.41, 5.74) is 10.6. The largest absolute Gasteiger partial charge is 0.496 e. The Morgan fingerprint density at radius 1 is 0.224 bits per heavy atom. The highest BCUT2D eigenvalue weighted by Crippen LogP contribution is 2.43. The molecule has 0 atom stereocenters. The Morgan fingerprint density at radius 2 is 0.448 bits per heavy atom. The minimum atomic E-state index is 0.373. The van der Waals surface area contributed by atoms with E-state index >= 15 is 0 Å². The van der Waals surface area contributed by atoms with Crippen LogP contribution < -0.4 is 47.4 Å². The molecule has 0 saturated heterocycles. The molecule has 0 saturated carbocycles. The average Bonchev–Trinajstić information content (AvgIpc) is 0.804. The standard InChI is InChI=1S/C62H98O5.C44H62O5/c1-7-11-14-17-20-23-26-29-32-35-45-64-60-49-56(52-67-58-51-57(59(63-6)48-53(58)5)44-43-55-41-39-54(38-10-4)40-42-55)50-61(65-46-36-33-30-27-24-21-18-15-12-8-2)62(60)66-47-37-34-31-28-25-22-19-16-13-9-3;1-7-11-14-17-27-46-42-31-38(32-43(47-28-18-15-12-8-2)44(42)48-29-19-16-13-9-3)34-49-40-33-39(41(45-6)30-35(40)5)26-25-37-23-21-36(20-10-4)22-24-37/h10,38-44,48-51H,7-9,11-37,45-47,52H2,1-6H3;10,20-26,30-33H,7-9,11-19,27-29,34H2,1-6H3/b38-10+,44-43+;20-10+,26-25+. The number of unbranched alkanes of at least 4 members (excludes halogenated alkanes) is 36. The number of benzene rings is 6. The fourth-order valence-corrected chi connectivity index (χ4v) is 14.4. The fraction of sp³-hybridized carbons (Fsp3) is 0.585. The summed E-state index contributed by atoms with van der Waals surface area (Å²) in [5, 5.41) is 0. The van der Waals surface area contributed by atoms with Crippen molar-refractivity contribution >= 4 is 36.5 Å². The summed E-state index contributed by atoms with van der Waals surface area (Å²) >= 11 is 0. The van der Waals surface area contributed by atoms with Crippen molar-refractivity contribution in [2.75, 3.05) is 53.9 Å². The van der Waals surface area contributed by atoms with Crippen molar-refractivity contribution < 1.29 is 47.4 Å². The molecule has 0 spiro atoms. The van der Waals surface area contributed by atoms with Gasteiger partial charge >= 0.3 is 0 Å². The van der Waals surface area contributed by atoms with E-state index < -0.39 is 0 Å². The molecule has 0 aliphatic heterocycles. The second-order valence-corrected chi connectivity index (χ2v) is 32.0. The summed E-state index contributed by atoms with van der Waals surface area (Å²) in [7, 11) is 3.44. The lowest BCUT2D eigenvalue weighted by Crippen LogP contribution is -2.08. The fourth-order valence-electron chi connectivity index (χ4n) is 14.4. The molecular weight excluding hydrogens is 1430 g/mol. The highest BCUT2D eigenvalue weighted by atomic mass is 16.6. The zero-order valence-electron chi connectivity index (χ0n) is 75.3. The maximum atomic E-state index is 6.69. The smallest absolute Gasteiger partial charge is 0.203 e. The predicted molar refractivity (Wildman–Crippen MR) is 498 cm³/mol. The Balaban J connectivity index is 0.000000434. The molecule has 6 aromatic carbocycles. The Morgan fingerprint density at radius 3 is 0.690 bits per heavy atom. The summed E-state index contributed by atoms with van der Waals surface area (Å²) < 4.78 is 64.0. The third kappa shape index (κ3) is 42.6. The first-order valence-electron chi connectivity index (χ1n) is 46.6. The molecule has 0 heterocycles. The molecule has 644 valence electrons. The van der Waals surface area contributed by atoms with E-state index in [1.165, 1.54) is 223 Å². The number of aryl methyl sites for hydroxylation is 2. The van der Waals surface area contributed by atoms with Crippen LogP contribution in [0.15, 0.2) is 109 Å². The van der Waals surface area contributed by atoms with Crippen LogP contribution in [0.5, 0.6) is 57.5 Å². The molecule has 0 N–H and O–H groups in total. The van der Waals surface area contributed by atoms with Crippen LogP contribution >= 0.6 is 0 Å². The molecular formula is C106H160O10. The lowest BCUT2D eigenvalue weighted by atomic mass is 10.1. The Kier molecular flexibility index (Phi) is 55.6. The van der Waals surface area contributed by atoms with E-state index in [0.29, 0.717) is 52.9 Å². The minimum absolute atomic E-state index is 0.373. The molecule has 6 aromatic rings. The second kappa shape index (κ2) is 65.2. The summed E-state index contributed by atoms with van der Waals surface area (Å²) in [6, 6.07) is 33.7. The monoisotopic (exact) mass is 1590 g/mol. The van der Waals surface area contributed by atoms with Crippen LogP contribution in [0.2, 0.25) is 0 Å². The van der Waals surface area contributed by atoms with Gasteiger partial charge in [-0.05, 0) is 159 Å². The first-order chi connectivity index (χ1) is 57.0. The van der Waals surface area contributed by atoms with Gasteiger partial charge in [0.1, 0.15) is 36.2 Å². The predicted octanol–water partition coefficient (Wildman–Crippen LogP) is 32.3. The SMILES string of the molecule is C/C=C/c1ccc(/C=C/c2cc(OCc3cc(OCCCCCC)c(OCCCCCC)c(OCCCCCC)c3)c(C)cc2OC)cc1.C/C=C/c1ccc(/C=C/c2cc(OCc3cc(OCCCCCCCCCCCC)c(OCCCCCCCCCCCC)c(OCCCCCCCCCCCC)c3)c(C)cc2OC)cc1. The molecule has 0 bridgehead atoms. The van der Waals surface area contributed by atoms with Gasteiger partial charge < -0.3 is 47.4 Å². The van der Waals surface area contributed by atoms with Crippen LogP contribution in [-0.2, 0) is 13.2 Å². The normalized spacial score (nSPS) is 11.5. The number of hydrogen-bond acceptors (Lipinski definition) is 10. The van der Waals surface area contributed by atoms with Gasteiger partial charge in [-0.15, -0.1) is 0 Å². The van der Waals surface area contributed by atoms with Gasteiger partial charge in [-0.1, -0.05) is 370 Å². The lowest BCUT2D eigenvalue weighted by Gasteiger charge is -2.20. The number of rotatable bonds is 68. The van der Waals surface area contributed by atoms with Crippen molar-refractivity contribution in [1.29, 1.82) is 0 Å². The lowest BCUT2D eigenvalue weighted by molar-refractivity contribution is 0.232. The van der Waals surface area contributed by atoms with Crippen molar-refractivity contribution in [3.05, 3.63) is 165 Å². The maximum Gasteiger partial charge on any atom is 0.203 e. The van der Waals surface area contributed by atoms with Crippen LogP contribution in [0.25, 0.3) is 36.5 Å². The van der Waals surface area contributed by atoms with Gasteiger partial charge in [0.05, 0.1) is 53.9 Å². The molecule has 6 rings (SSSR count). The summed E-state index contributed by atoms with van der Waals surface area (Å²) in [4.78, 5) is 0. The molecule has 10 nitrogen and oxygen atoms in total. The van der Waals surface area contributed by atoms with Gasteiger partial charge in [-0.25, -0.2) is 0 Å². The Bertz CT molecular complexity index is 3500. The second-order valence-electron chi connectivity index (χ2n) is 32.0. The molecule has 0 amide bonds. The quantitative estimate of drug-likeness (QED) is 0.0272. The summed E-state index contributed by atoms with van der Waals surface area (Å²) in [5.74, 6) is 7.78. The van der Waals surface area contributed by atoms with E-state index in [1.807, 2.05) is 26.0 Å². The zero-order chi connectivity index (χ0) is 82.9. The molecule has 116 heavy (non-hydrogen) atoms. The van der Waals surface area contributed by atoms with Crippen molar-refractivity contribution in [2.24, 2.45) is 0 Å². The Labute approximate surface area is 708 Å². The maximum absolute atomic E-state index is 6.69. The third-order valence-corrected chi connectivity index (χ3v) is 21.5. The minimum Gasteiger partial charge on any atom is -0.496 e. The molecule has 0 aromatic heterocycles. The molecule has 0 aliphatic rings. The van der Waals surface area contributed by atoms with E-state index in [2.05, 4.69) is 189 Å². The molecule has 0 radical (unpaired) electrons. The zero-order valence-corrected chi connectivity index (χ0v) is 75.3. The summed E-state index contributed by atoms with van der Waals surface area (Å²) in [6.45, 7) is 26.5. The van der Waals surface area contributed by atoms with Crippen molar-refractivity contribution in [3.63, 3.8) is 0 Å². The van der Waals surface area contributed by atoms with Crippen LogP contribution in [0.4, 0.5) is 0 Å². The van der Waals surface area contributed by atoms with Crippen LogP contribution in [0, 0.1) is 13.8 Å². The van der Waals surface area contributed by atoms with Crippen molar-refractivity contribution in [3.8, 4) is 57.5 Å². The highest BCUT2D eigenvalue weighted by molar-refractivity contribution is 5.76. The first kappa shape index (κ1) is 98.9. The van der Waals surface area contributed by atoms with Crippen molar-refractivity contribution in [2.45, 2.75) is 352 Å². The third-order valence-electron chi connectivity index (χ3n) is 21.5. The van der Waals surface area contributed by atoms with E-state index in [1.54, 1.807) is 14.2 Å². The van der Waals surface area contributed by atoms with Gasteiger partial charge in [0.15, 0.2) is 23.0 Å². The van der Waals surface area contributed by atoms with Gasteiger partial charge in [0, 0.05) is 11.1 Å². The molecule has 0 unspecified atom stereocenters. The van der Waals surface area contributed by atoms with Crippen LogP contribution in [0.3, 0.4) is 0 Å². The average molecular weight is 1590 g/mol. The van der Waals surface area contributed by atoms with E-state index in [-0.39, 0.29) is 0 Å². The van der Waals surface area contributed by atoms with Gasteiger partial charge in [0.2, 0.25) is 11.5 Å².